The topological polar surface area (TPSA) is 15.7 Å². The van der Waals surface area contributed by atoms with Gasteiger partial charge < -0.3 is 4.52 Å². The average molecular weight is 383 g/mol. The maximum atomic E-state index is 6.67. The summed E-state index contributed by atoms with van der Waals surface area (Å²) in [6, 6.07) is 1.87. The monoisotopic (exact) mass is 382 g/mol. The predicted octanol–water partition coefficient (Wildman–Crippen LogP) is 6.77. The second-order valence-corrected chi connectivity index (χ2v) is 10.5. The van der Waals surface area contributed by atoms with Crippen molar-refractivity contribution in [2.24, 2.45) is 5.92 Å². The summed E-state index contributed by atoms with van der Waals surface area (Å²) in [5, 5.41) is 0. The van der Waals surface area contributed by atoms with Crippen molar-refractivity contribution in [3.63, 3.8) is 0 Å². The number of rotatable bonds is 10. The van der Waals surface area contributed by atoms with Gasteiger partial charge in [-0.2, -0.15) is 0 Å². The molecule has 1 unspecified atom stereocenters. The van der Waals surface area contributed by atoms with Crippen LogP contribution in [0.25, 0.3) is 0 Å². The number of hydrogen-bond donors (Lipinski definition) is 0. The van der Waals surface area contributed by atoms with Gasteiger partial charge in [-0.05, 0) is 93.1 Å². The predicted molar refractivity (Wildman–Crippen MR) is 117 cm³/mol. The van der Waals surface area contributed by atoms with Gasteiger partial charge in [0.1, 0.15) is 0 Å². The molecule has 3 nitrogen and oxygen atoms in total. The van der Waals surface area contributed by atoms with Gasteiger partial charge in [-0.25, -0.2) is 9.34 Å². The Balaban J connectivity index is 2.94. The minimum atomic E-state index is -0.785. The first-order valence-corrected chi connectivity index (χ1v) is 11.6. The molecule has 1 aliphatic rings. The van der Waals surface area contributed by atoms with Crippen LogP contribution in [0.3, 0.4) is 0 Å². The molecule has 1 rings (SSSR count). The van der Waals surface area contributed by atoms with Crippen LogP contribution in [-0.2, 0) is 4.52 Å². The fourth-order valence-electron chi connectivity index (χ4n) is 3.84. The summed E-state index contributed by atoms with van der Waals surface area (Å²) in [6.45, 7) is 25.3. The van der Waals surface area contributed by atoms with Gasteiger partial charge in [0.05, 0.1) is 6.61 Å². The molecule has 0 radical (unpaired) electrons. The lowest BCUT2D eigenvalue weighted by Gasteiger charge is -2.45. The van der Waals surface area contributed by atoms with Gasteiger partial charge in [0.25, 0.3) is 0 Å². The largest absolute Gasteiger partial charge is 0.327 e. The van der Waals surface area contributed by atoms with E-state index in [0.717, 1.165) is 19.4 Å². The first kappa shape index (κ1) is 23.8. The molecular formula is C22H43N2OP. The molecule has 0 aliphatic heterocycles. The molecule has 0 amide bonds. The van der Waals surface area contributed by atoms with Gasteiger partial charge in [0.15, 0.2) is 8.45 Å². The van der Waals surface area contributed by atoms with E-state index in [1.807, 2.05) is 0 Å². The molecule has 0 bridgehead atoms. The highest BCUT2D eigenvalue weighted by Gasteiger charge is 2.34. The lowest BCUT2D eigenvalue weighted by atomic mass is 9.86. The summed E-state index contributed by atoms with van der Waals surface area (Å²) in [4.78, 5) is 0. The molecule has 0 N–H and O–H groups in total. The number of nitrogens with zero attached hydrogens (tertiary/aromatic N) is 2. The van der Waals surface area contributed by atoms with Crippen molar-refractivity contribution in [2.75, 3.05) is 6.61 Å². The molecule has 1 aliphatic carbocycles. The average Bonchev–Trinajstić information content (AvgIpc) is 2.51. The van der Waals surface area contributed by atoms with Crippen molar-refractivity contribution in [1.29, 1.82) is 0 Å². The van der Waals surface area contributed by atoms with Crippen LogP contribution in [0.2, 0.25) is 0 Å². The second-order valence-electron chi connectivity index (χ2n) is 8.84. The molecule has 0 saturated carbocycles. The summed E-state index contributed by atoms with van der Waals surface area (Å²) in [5.74, 6) is 0.658. The number of allylic oxidation sites excluding steroid dienone is 2. The third kappa shape index (κ3) is 6.75. The molecule has 0 spiro atoms. The van der Waals surface area contributed by atoms with Gasteiger partial charge in [0, 0.05) is 24.2 Å². The highest BCUT2D eigenvalue weighted by molar-refractivity contribution is 7.47. The Hall–Kier alpha value is -0.210. The van der Waals surface area contributed by atoms with Crippen LogP contribution >= 0.6 is 8.45 Å². The molecule has 0 aromatic carbocycles. The summed E-state index contributed by atoms with van der Waals surface area (Å²) in [6.07, 6.45) is 5.90. The third-order valence-corrected chi connectivity index (χ3v) is 8.08. The molecule has 4 heteroatoms. The third-order valence-electron chi connectivity index (χ3n) is 5.08. The zero-order valence-corrected chi connectivity index (χ0v) is 19.6. The lowest BCUT2D eigenvalue weighted by Crippen LogP contribution is -2.43. The first-order chi connectivity index (χ1) is 12.1. The van der Waals surface area contributed by atoms with Gasteiger partial charge >= 0.3 is 0 Å². The molecule has 0 aromatic rings. The maximum absolute atomic E-state index is 6.67. The van der Waals surface area contributed by atoms with Gasteiger partial charge in [0.2, 0.25) is 0 Å². The van der Waals surface area contributed by atoms with Crippen molar-refractivity contribution in [3.8, 4) is 0 Å². The quantitative estimate of drug-likeness (QED) is 0.306. The van der Waals surface area contributed by atoms with E-state index in [-0.39, 0.29) is 0 Å². The summed E-state index contributed by atoms with van der Waals surface area (Å²) in [7, 11) is -0.785. The maximum Gasteiger partial charge on any atom is 0.189 e. The van der Waals surface area contributed by atoms with Crippen LogP contribution in [0.4, 0.5) is 0 Å². The molecule has 0 saturated heterocycles. The van der Waals surface area contributed by atoms with E-state index in [1.165, 1.54) is 17.6 Å². The van der Waals surface area contributed by atoms with E-state index in [1.54, 1.807) is 0 Å². The van der Waals surface area contributed by atoms with Crippen LogP contribution in [0.1, 0.15) is 81.6 Å². The van der Waals surface area contributed by atoms with E-state index in [9.17, 15) is 0 Å². The zero-order valence-electron chi connectivity index (χ0n) is 18.7. The Morgan fingerprint density at radius 1 is 1.04 bits per heavy atom. The standard InChI is InChI=1S/C22H43N2OP/c1-16(2)22-13-11-21(12-14-22)15-25-26(23(17(3)4)18(5)6)24(19(7)8)20(9)10/h11,17-20,22H,1,12-15H2,2-10H3. The summed E-state index contributed by atoms with van der Waals surface area (Å²) in [5.41, 5.74) is 2.79. The van der Waals surface area contributed by atoms with Crippen molar-refractivity contribution in [2.45, 2.75) is 106 Å². The van der Waals surface area contributed by atoms with Crippen LogP contribution < -0.4 is 0 Å². The van der Waals surface area contributed by atoms with Crippen molar-refractivity contribution < 1.29 is 4.52 Å². The minimum absolute atomic E-state index is 0.467. The molecule has 0 aromatic heterocycles. The SMILES string of the molecule is C=C(C)C1CC=C(COP(N(C(C)C)C(C)C)N(C(C)C)C(C)C)CC1. The Bertz CT molecular complexity index is 435. The zero-order chi connectivity index (χ0) is 20.0. The van der Waals surface area contributed by atoms with E-state index in [0.29, 0.717) is 30.1 Å². The van der Waals surface area contributed by atoms with Crippen LogP contribution in [-0.4, -0.2) is 40.1 Å². The molecule has 0 fully saturated rings. The van der Waals surface area contributed by atoms with Crippen molar-refractivity contribution in [1.82, 2.24) is 9.34 Å². The molecule has 1 atom stereocenters. The first-order valence-electron chi connectivity index (χ1n) is 10.4. The smallest absolute Gasteiger partial charge is 0.189 e. The van der Waals surface area contributed by atoms with Crippen LogP contribution in [0.15, 0.2) is 23.8 Å². The molecule has 152 valence electrons. The summed E-state index contributed by atoms with van der Waals surface area (Å²) >= 11 is 0. The Kier molecular flexibility index (Phi) is 10.0. The highest BCUT2D eigenvalue weighted by atomic mass is 31.2. The number of hydrogen-bond acceptors (Lipinski definition) is 3. The van der Waals surface area contributed by atoms with E-state index in [4.69, 9.17) is 4.52 Å². The Labute approximate surface area is 164 Å². The second kappa shape index (κ2) is 11.0. The lowest BCUT2D eigenvalue weighted by molar-refractivity contribution is 0.193. The van der Waals surface area contributed by atoms with Crippen molar-refractivity contribution >= 4 is 8.45 Å². The van der Waals surface area contributed by atoms with Crippen LogP contribution in [0, 0.1) is 5.92 Å². The van der Waals surface area contributed by atoms with E-state index < -0.39 is 8.45 Å². The molecule has 26 heavy (non-hydrogen) atoms. The minimum Gasteiger partial charge on any atom is -0.327 e. The summed E-state index contributed by atoms with van der Waals surface area (Å²) < 4.78 is 11.8. The Morgan fingerprint density at radius 2 is 1.50 bits per heavy atom. The molecular weight excluding hydrogens is 339 g/mol. The Morgan fingerprint density at radius 3 is 1.81 bits per heavy atom. The van der Waals surface area contributed by atoms with E-state index >= 15 is 0 Å². The molecule has 0 heterocycles. The highest BCUT2D eigenvalue weighted by Crippen LogP contribution is 2.51. The van der Waals surface area contributed by atoms with Gasteiger partial charge in [-0.3, -0.25) is 0 Å². The van der Waals surface area contributed by atoms with Crippen LogP contribution in [0.5, 0.6) is 0 Å². The normalized spacial score (nSPS) is 18.9. The fourth-order valence-corrected chi connectivity index (χ4v) is 6.21. The fraction of sp³-hybridized carbons (Fsp3) is 0.818. The van der Waals surface area contributed by atoms with E-state index in [2.05, 4.69) is 84.3 Å². The van der Waals surface area contributed by atoms with Gasteiger partial charge in [-0.1, -0.05) is 18.2 Å². The van der Waals surface area contributed by atoms with Gasteiger partial charge in [-0.15, -0.1) is 0 Å². The van der Waals surface area contributed by atoms with Crippen molar-refractivity contribution in [3.05, 3.63) is 23.8 Å².